The highest BCUT2D eigenvalue weighted by Gasteiger charge is 2.12. The van der Waals surface area contributed by atoms with Gasteiger partial charge in [-0.25, -0.2) is 4.79 Å². The second-order valence-electron chi connectivity index (χ2n) is 4.80. The van der Waals surface area contributed by atoms with Crippen LogP contribution in [0.15, 0.2) is 27.4 Å². The first-order chi connectivity index (χ1) is 8.81. The van der Waals surface area contributed by atoms with Gasteiger partial charge in [-0.3, -0.25) is 4.98 Å². The summed E-state index contributed by atoms with van der Waals surface area (Å²) in [6.07, 6.45) is 2.43. The van der Waals surface area contributed by atoms with Crippen molar-refractivity contribution in [1.82, 2.24) is 10.3 Å². The van der Waals surface area contributed by atoms with Crippen LogP contribution in [-0.4, -0.2) is 24.6 Å². The summed E-state index contributed by atoms with van der Waals surface area (Å²) >= 11 is 0. The molecule has 1 saturated heterocycles. The number of oxazole rings is 1. The van der Waals surface area contributed by atoms with Gasteiger partial charge in [0.2, 0.25) is 0 Å². The highest BCUT2D eigenvalue weighted by molar-refractivity contribution is 5.76. The van der Waals surface area contributed by atoms with Crippen LogP contribution in [0.5, 0.6) is 0 Å². The molecule has 1 aromatic carbocycles. The molecule has 2 heterocycles. The van der Waals surface area contributed by atoms with Crippen molar-refractivity contribution in [1.29, 1.82) is 0 Å². The van der Waals surface area contributed by atoms with E-state index < -0.39 is 5.76 Å². The summed E-state index contributed by atoms with van der Waals surface area (Å²) in [6.45, 7) is 3.19. The van der Waals surface area contributed by atoms with Crippen LogP contribution in [0.3, 0.4) is 0 Å². The van der Waals surface area contributed by atoms with Crippen LogP contribution < -0.4 is 16.4 Å². The molecular formula is C13H17N3O2. The van der Waals surface area contributed by atoms with Crippen molar-refractivity contribution in [2.75, 3.05) is 25.0 Å². The lowest BCUT2D eigenvalue weighted by atomic mass is 9.98. The van der Waals surface area contributed by atoms with Crippen LogP contribution in [0, 0.1) is 5.92 Å². The molecule has 0 saturated carbocycles. The first-order valence-corrected chi connectivity index (χ1v) is 6.39. The van der Waals surface area contributed by atoms with Gasteiger partial charge in [0.05, 0.1) is 5.52 Å². The van der Waals surface area contributed by atoms with Crippen LogP contribution in [0.2, 0.25) is 0 Å². The van der Waals surface area contributed by atoms with E-state index in [4.69, 9.17) is 4.42 Å². The number of anilines is 1. The van der Waals surface area contributed by atoms with Gasteiger partial charge in [-0.1, -0.05) is 0 Å². The monoisotopic (exact) mass is 247 g/mol. The van der Waals surface area contributed by atoms with Crippen molar-refractivity contribution in [3.63, 3.8) is 0 Å². The lowest BCUT2D eigenvalue weighted by molar-refractivity contribution is 0.390. The lowest BCUT2D eigenvalue weighted by Gasteiger charge is -2.23. The molecule has 1 aromatic heterocycles. The van der Waals surface area contributed by atoms with Crippen molar-refractivity contribution >= 4 is 16.8 Å². The van der Waals surface area contributed by atoms with Gasteiger partial charge in [-0.05, 0) is 44.0 Å². The van der Waals surface area contributed by atoms with Crippen molar-refractivity contribution in [2.24, 2.45) is 5.92 Å². The largest absolute Gasteiger partial charge is 0.417 e. The van der Waals surface area contributed by atoms with Gasteiger partial charge in [0, 0.05) is 18.3 Å². The van der Waals surface area contributed by atoms with Crippen molar-refractivity contribution in [2.45, 2.75) is 12.8 Å². The van der Waals surface area contributed by atoms with Crippen molar-refractivity contribution in [3.05, 3.63) is 28.7 Å². The molecule has 0 spiro atoms. The zero-order valence-electron chi connectivity index (χ0n) is 10.2. The maximum Gasteiger partial charge on any atom is 0.417 e. The van der Waals surface area contributed by atoms with Crippen LogP contribution in [0.4, 0.5) is 5.69 Å². The van der Waals surface area contributed by atoms with E-state index in [2.05, 4.69) is 15.6 Å². The van der Waals surface area contributed by atoms with E-state index in [-0.39, 0.29) is 0 Å². The highest BCUT2D eigenvalue weighted by atomic mass is 16.4. The Morgan fingerprint density at radius 2 is 2.17 bits per heavy atom. The van der Waals surface area contributed by atoms with Gasteiger partial charge in [-0.2, -0.15) is 0 Å². The third-order valence-electron chi connectivity index (χ3n) is 3.47. The molecule has 2 aromatic rings. The molecule has 0 amide bonds. The average molecular weight is 247 g/mol. The molecular weight excluding hydrogens is 230 g/mol. The standard InChI is InChI=1S/C13H17N3O2/c17-13-16-11-2-1-10(7-12(11)18-13)15-8-9-3-5-14-6-4-9/h1-2,7,9,14-15H,3-6,8H2,(H,16,17). The van der Waals surface area contributed by atoms with Crippen LogP contribution in [0.25, 0.3) is 11.1 Å². The number of benzene rings is 1. The minimum atomic E-state index is -0.402. The molecule has 3 rings (SSSR count). The Morgan fingerprint density at radius 3 is 3.00 bits per heavy atom. The zero-order valence-corrected chi connectivity index (χ0v) is 10.2. The Balaban J connectivity index is 1.68. The van der Waals surface area contributed by atoms with E-state index in [1.807, 2.05) is 18.2 Å². The SMILES string of the molecule is O=c1[nH]c2ccc(NCC3CCNCC3)cc2o1. The molecule has 1 fully saturated rings. The first kappa shape index (κ1) is 11.3. The molecule has 0 atom stereocenters. The fraction of sp³-hybridized carbons (Fsp3) is 0.462. The number of hydrogen-bond donors (Lipinski definition) is 3. The van der Waals surface area contributed by atoms with Crippen molar-refractivity contribution < 1.29 is 4.42 Å². The number of piperidine rings is 1. The predicted octanol–water partition coefficient (Wildman–Crippen LogP) is 1.53. The summed E-state index contributed by atoms with van der Waals surface area (Å²) < 4.78 is 5.04. The van der Waals surface area contributed by atoms with Gasteiger partial charge < -0.3 is 15.1 Å². The van der Waals surface area contributed by atoms with Gasteiger partial charge in [0.15, 0.2) is 5.58 Å². The van der Waals surface area contributed by atoms with Crippen LogP contribution in [-0.2, 0) is 0 Å². The number of hydrogen-bond acceptors (Lipinski definition) is 4. The summed E-state index contributed by atoms with van der Waals surface area (Å²) in [6, 6.07) is 5.70. The van der Waals surface area contributed by atoms with Gasteiger partial charge in [0.25, 0.3) is 0 Å². The first-order valence-electron chi connectivity index (χ1n) is 6.39. The number of rotatable bonds is 3. The van der Waals surface area contributed by atoms with Gasteiger partial charge in [-0.15, -0.1) is 0 Å². The summed E-state index contributed by atoms with van der Waals surface area (Å²) in [5.74, 6) is 0.320. The van der Waals surface area contributed by atoms with E-state index in [1.54, 1.807) is 0 Å². The molecule has 0 aliphatic carbocycles. The van der Waals surface area contributed by atoms with E-state index in [1.165, 1.54) is 12.8 Å². The van der Waals surface area contributed by atoms with Gasteiger partial charge in [0.1, 0.15) is 0 Å². The Kier molecular flexibility index (Phi) is 3.06. The van der Waals surface area contributed by atoms with E-state index >= 15 is 0 Å². The molecule has 1 aliphatic rings. The second kappa shape index (κ2) is 4.86. The van der Waals surface area contributed by atoms with E-state index in [0.29, 0.717) is 5.58 Å². The molecule has 1 aliphatic heterocycles. The molecule has 3 N–H and O–H groups in total. The predicted molar refractivity (Wildman–Crippen MR) is 70.9 cm³/mol. The molecule has 96 valence electrons. The summed E-state index contributed by atoms with van der Waals surface area (Å²) in [5, 5.41) is 6.77. The van der Waals surface area contributed by atoms with E-state index in [0.717, 1.165) is 36.8 Å². The Hall–Kier alpha value is -1.75. The molecule has 18 heavy (non-hydrogen) atoms. The number of H-pyrrole nitrogens is 1. The van der Waals surface area contributed by atoms with Crippen LogP contribution >= 0.6 is 0 Å². The normalized spacial score (nSPS) is 17.1. The third kappa shape index (κ3) is 2.41. The van der Waals surface area contributed by atoms with E-state index in [9.17, 15) is 4.79 Å². The lowest BCUT2D eigenvalue weighted by Crippen LogP contribution is -2.31. The minimum absolute atomic E-state index is 0.402. The van der Waals surface area contributed by atoms with Crippen LogP contribution in [0.1, 0.15) is 12.8 Å². The highest BCUT2D eigenvalue weighted by Crippen LogP contribution is 2.18. The summed E-state index contributed by atoms with van der Waals surface area (Å²) in [4.78, 5) is 13.7. The topological polar surface area (TPSA) is 70.1 Å². The number of nitrogens with one attached hydrogen (secondary N) is 3. The molecule has 0 radical (unpaired) electrons. The fourth-order valence-corrected chi connectivity index (χ4v) is 2.40. The summed E-state index contributed by atoms with van der Waals surface area (Å²) in [7, 11) is 0. The molecule has 5 nitrogen and oxygen atoms in total. The fourth-order valence-electron chi connectivity index (χ4n) is 2.40. The Labute approximate surface area is 105 Å². The quantitative estimate of drug-likeness (QED) is 0.769. The van der Waals surface area contributed by atoms with Crippen molar-refractivity contribution in [3.8, 4) is 0 Å². The average Bonchev–Trinajstić information content (AvgIpc) is 2.77. The Bertz CT molecular complexity index is 581. The third-order valence-corrected chi connectivity index (χ3v) is 3.47. The number of fused-ring (bicyclic) bond motifs is 1. The number of aromatic amines is 1. The number of aromatic nitrogens is 1. The zero-order chi connectivity index (χ0) is 12.4. The molecule has 0 unspecified atom stereocenters. The maximum atomic E-state index is 11.1. The molecule has 5 heteroatoms. The minimum Gasteiger partial charge on any atom is -0.408 e. The summed E-state index contributed by atoms with van der Waals surface area (Å²) in [5.41, 5.74) is 2.35. The Morgan fingerprint density at radius 1 is 1.33 bits per heavy atom. The second-order valence-corrected chi connectivity index (χ2v) is 4.80. The molecule has 0 bridgehead atoms. The smallest absolute Gasteiger partial charge is 0.408 e. The van der Waals surface area contributed by atoms with Gasteiger partial charge >= 0.3 is 5.76 Å². The maximum absolute atomic E-state index is 11.1.